The van der Waals surface area contributed by atoms with E-state index >= 15 is 0 Å². The minimum absolute atomic E-state index is 0.113. The average molecular weight is 427 g/mol. The van der Waals surface area contributed by atoms with Crippen LogP contribution in [-0.2, 0) is 11.2 Å². The van der Waals surface area contributed by atoms with Gasteiger partial charge in [-0.1, -0.05) is 44.7 Å². The fourth-order valence-electron chi connectivity index (χ4n) is 3.44. The summed E-state index contributed by atoms with van der Waals surface area (Å²) in [6.07, 6.45) is 5.94. The summed E-state index contributed by atoms with van der Waals surface area (Å²) >= 11 is 6.09. The topological polar surface area (TPSA) is 94.8 Å². The highest BCUT2D eigenvalue weighted by atomic mass is 35.5. The van der Waals surface area contributed by atoms with Crippen molar-refractivity contribution in [2.45, 2.75) is 85.2 Å². The maximum Gasteiger partial charge on any atom is 0.163 e. The number of carbonyl (C=O) groups excluding carboxylic acids is 2. The molecule has 0 saturated heterocycles. The van der Waals surface area contributed by atoms with Crippen LogP contribution >= 0.6 is 11.6 Å². The van der Waals surface area contributed by atoms with E-state index < -0.39 is 5.60 Å². The van der Waals surface area contributed by atoms with E-state index in [1.807, 2.05) is 0 Å². The maximum absolute atomic E-state index is 11.8. The van der Waals surface area contributed by atoms with E-state index in [2.05, 4.69) is 13.8 Å². The summed E-state index contributed by atoms with van der Waals surface area (Å²) in [6.45, 7) is 8.88. The van der Waals surface area contributed by atoms with Crippen LogP contribution in [0, 0.1) is 18.8 Å². The molecule has 0 radical (unpaired) electrons. The van der Waals surface area contributed by atoms with Crippen molar-refractivity contribution >= 4 is 23.7 Å². The molecule has 2 unspecified atom stereocenters. The number of phenols is 2. The summed E-state index contributed by atoms with van der Waals surface area (Å²) in [7, 11) is 0. The molecule has 0 heterocycles. The molecule has 1 rings (SSSR count). The van der Waals surface area contributed by atoms with E-state index in [9.17, 15) is 24.9 Å². The lowest BCUT2D eigenvalue weighted by molar-refractivity contribution is -0.134. The number of hydrogen-bond donors (Lipinski definition) is 3. The molecule has 5 nitrogen and oxygen atoms in total. The number of aliphatic hydroxyl groups is 1. The molecule has 164 valence electrons. The summed E-state index contributed by atoms with van der Waals surface area (Å²) in [5, 5.41) is 30.4. The lowest BCUT2D eigenvalue weighted by Crippen LogP contribution is -2.31. The van der Waals surface area contributed by atoms with Gasteiger partial charge in [-0.2, -0.15) is 0 Å². The van der Waals surface area contributed by atoms with Gasteiger partial charge in [-0.3, -0.25) is 9.59 Å². The van der Waals surface area contributed by atoms with E-state index in [-0.39, 0.29) is 27.9 Å². The lowest BCUT2D eigenvalue weighted by Gasteiger charge is -2.18. The van der Waals surface area contributed by atoms with E-state index in [0.717, 1.165) is 32.1 Å². The molecule has 0 fully saturated rings. The zero-order valence-corrected chi connectivity index (χ0v) is 19.0. The van der Waals surface area contributed by atoms with Crippen molar-refractivity contribution < 1.29 is 24.9 Å². The second-order valence-electron chi connectivity index (χ2n) is 8.85. The van der Waals surface area contributed by atoms with Crippen LogP contribution in [0.25, 0.3) is 0 Å². The Hall–Kier alpha value is -1.59. The number of phenolic OH excluding ortho intramolecular Hbond substituents is 2. The Balaban J connectivity index is 2.49. The van der Waals surface area contributed by atoms with Crippen LogP contribution in [0.4, 0.5) is 0 Å². The first-order valence-corrected chi connectivity index (χ1v) is 10.7. The van der Waals surface area contributed by atoms with E-state index in [1.54, 1.807) is 6.92 Å². The maximum atomic E-state index is 11.8. The third-order valence-corrected chi connectivity index (χ3v) is 6.18. The molecule has 6 heteroatoms. The normalized spacial score (nSPS) is 13.9. The number of Topliss-reactive ketones (excluding diaryl/α,β-unsaturated/α-hetero) is 1. The fourth-order valence-corrected chi connectivity index (χ4v) is 3.66. The highest BCUT2D eigenvalue weighted by Crippen LogP contribution is 2.41. The van der Waals surface area contributed by atoms with Crippen molar-refractivity contribution in [2.24, 2.45) is 11.8 Å². The van der Waals surface area contributed by atoms with Gasteiger partial charge in [-0.05, 0) is 57.4 Å². The minimum Gasteiger partial charge on any atom is -0.507 e. The van der Waals surface area contributed by atoms with Crippen molar-refractivity contribution in [3.8, 4) is 11.5 Å². The van der Waals surface area contributed by atoms with Gasteiger partial charge in [0.1, 0.15) is 17.1 Å². The average Bonchev–Trinajstić information content (AvgIpc) is 2.64. The molecule has 0 aliphatic carbocycles. The SMILES string of the molecule is Cc1c(Cl)c(O)c(CCC(C)CCCC(C)CCC(=O)C(C)(C)O)c(O)c1C=O. The van der Waals surface area contributed by atoms with Crippen LogP contribution in [0.15, 0.2) is 0 Å². The summed E-state index contributed by atoms with van der Waals surface area (Å²) < 4.78 is 0. The Morgan fingerprint density at radius 1 is 1.07 bits per heavy atom. The Morgan fingerprint density at radius 2 is 1.62 bits per heavy atom. The second-order valence-corrected chi connectivity index (χ2v) is 9.23. The largest absolute Gasteiger partial charge is 0.507 e. The van der Waals surface area contributed by atoms with Crippen molar-refractivity contribution in [1.29, 1.82) is 0 Å². The number of aldehydes is 1. The van der Waals surface area contributed by atoms with Gasteiger partial charge in [-0.25, -0.2) is 0 Å². The van der Waals surface area contributed by atoms with E-state index in [4.69, 9.17) is 11.6 Å². The second kappa shape index (κ2) is 11.0. The molecule has 0 aliphatic heterocycles. The number of hydrogen-bond acceptors (Lipinski definition) is 5. The number of halogens is 1. The van der Waals surface area contributed by atoms with Crippen LogP contribution in [0.3, 0.4) is 0 Å². The molecule has 0 amide bonds. The Labute approximate surface area is 179 Å². The summed E-state index contributed by atoms with van der Waals surface area (Å²) in [5.41, 5.74) is -0.419. The number of ketones is 1. The fraction of sp³-hybridized carbons (Fsp3) is 0.652. The number of benzene rings is 1. The predicted molar refractivity (Wildman–Crippen MR) is 116 cm³/mol. The summed E-state index contributed by atoms with van der Waals surface area (Å²) in [6, 6.07) is 0. The van der Waals surface area contributed by atoms with Gasteiger partial charge in [-0.15, -0.1) is 0 Å². The summed E-state index contributed by atoms with van der Waals surface area (Å²) in [5.74, 6) is 0.330. The van der Waals surface area contributed by atoms with E-state index in [0.29, 0.717) is 42.1 Å². The molecule has 1 aromatic rings. The van der Waals surface area contributed by atoms with Crippen molar-refractivity contribution in [3.63, 3.8) is 0 Å². The van der Waals surface area contributed by atoms with Crippen LogP contribution in [0.2, 0.25) is 5.02 Å². The van der Waals surface area contributed by atoms with Crippen molar-refractivity contribution in [3.05, 3.63) is 21.7 Å². The molecule has 0 bridgehead atoms. The number of rotatable bonds is 12. The van der Waals surface area contributed by atoms with Crippen molar-refractivity contribution in [1.82, 2.24) is 0 Å². The third kappa shape index (κ3) is 7.31. The molecular weight excluding hydrogens is 392 g/mol. The molecule has 2 atom stereocenters. The van der Waals surface area contributed by atoms with Crippen LogP contribution in [0.5, 0.6) is 11.5 Å². The minimum atomic E-state index is -1.26. The van der Waals surface area contributed by atoms with Gasteiger partial charge in [0.2, 0.25) is 0 Å². The molecule has 3 N–H and O–H groups in total. The van der Waals surface area contributed by atoms with Gasteiger partial charge in [0.05, 0.1) is 10.6 Å². The van der Waals surface area contributed by atoms with Crippen molar-refractivity contribution in [2.75, 3.05) is 0 Å². The molecule has 1 aromatic carbocycles. The van der Waals surface area contributed by atoms with Crippen LogP contribution in [-0.4, -0.2) is 33.0 Å². The lowest BCUT2D eigenvalue weighted by atomic mass is 9.90. The Bertz CT molecular complexity index is 721. The monoisotopic (exact) mass is 426 g/mol. The summed E-state index contributed by atoms with van der Waals surface area (Å²) in [4.78, 5) is 23.0. The smallest absolute Gasteiger partial charge is 0.163 e. The Morgan fingerprint density at radius 3 is 2.14 bits per heavy atom. The first-order valence-electron chi connectivity index (χ1n) is 10.3. The van der Waals surface area contributed by atoms with Crippen LogP contribution < -0.4 is 0 Å². The zero-order chi connectivity index (χ0) is 22.4. The zero-order valence-electron chi connectivity index (χ0n) is 18.2. The highest BCUT2D eigenvalue weighted by molar-refractivity contribution is 6.33. The predicted octanol–water partition coefficient (Wildman–Crippen LogP) is 5.37. The molecule has 0 aromatic heterocycles. The van der Waals surface area contributed by atoms with Gasteiger partial charge < -0.3 is 15.3 Å². The molecule has 0 aliphatic rings. The van der Waals surface area contributed by atoms with Gasteiger partial charge in [0, 0.05) is 12.0 Å². The standard InChI is InChI=1S/C23H35ClO5/c1-14(7-6-8-15(2)10-12-19(26)23(4,5)29)9-11-17-21(27)18(13-25)16(3)20(24)22(17)28/h13-15,27-29H,6-12H2,1-5H3. The third-order valence-electron chi connectivity index (χ3n) is 5.71. The van der Waals surface area contributed by atoms with Gasteiger partial charge >= 0.3 is 0 Å². The quantitative estimate of drug-likeness (QED) is 0.390. The highest BCUT2D eigenvalue weighted by Gasteiger charge is 2.23. The van der Waals surface area contributed by atoms with Gasteiger partial charge in [0.15, 0.2) is 12.1 Å². The number of carbonyl (C=O) groups is 2. The first-order chi connectivity index (χ1) is 13.4. The molecule has 0 spiro atoms. The Kier molecular flexibility index (Phi) is 9.63. The molecular formula is C23H35ClO5. The molecule has 0 saturated carbocycles. The number of aromatic hydroxyl groups is 2. The van der Waals surface area contributed by atoms with Crippen LogP contribution in [0.1, 0.15) is 87.7 Å². The molecule has 29 heavy (non-hydrogen) atoms. The van der Waals surface area contributed by atoms with Gasteiger partial charge in [0.25, 0.3) is 0 Å². The first kappa shape index (κ1) is 25.4. The van der Waals surface area contributed by atoms with E-state index in [1.165, 1.54) is 13.8 Å².